The SMILES string of the molecule is O=C(O)[C@@H]1C[C@H]1C(=O)N1CCC(CN2CCCCC2=O)CC1. The number of rotatable bonds is 4. The zero-order valence-corrected chi connectivity index (χ0v) is 12.9. The van der Waals surface area contributed by atoms with E-state index >= 15 is 0 Å². The molecule has 0 radical (unpaired) electrons. The minimum absolute atomic E-state index is 0.0138. The highest BCUT2D eigenvalue weighted by molar-refractivity contribution is 5.89. The van der Waals surface area contributed by atoms with E-state index in [1.54, 1.807) is 0 Å². The molecular formula is C16H24N2O4. The molecule has 6 nitrogen and oxygen atoms in total. The van der Waals surface area contributed by atoms with Crippen molar-refractivity contribution in [3.05, 3.63) is 0 Å². The lowest BCUT2D eigenvalue weighted by Crippen LogP contribution is -2.44. The minimum atomic E-state index is -0.850. The van der Waals surface area contributed by atoms with Crippen molar-refractivity contribution in [1.82, 2.24) is 9.80 Å². The van der Waals surface area contributed by atoms with E-state index in [0.29, 0.717) is 31.8 Å². The molecule has 6 heteroatoms. The highest BCUT2D eigenvalue weighted by Gasteiger charge is 2.50. The van der Waals surface area contributed by atoms with Crippen molar-refractivity contribution in [1.29, 1.82) is 0 Å². The summed E-state index contributed by atoms with van der Waals surface area (Å²) in [7, 11) is 0. The normalized spacial score (nSPS) is 29.5. The molecule has 1 aliphatic carbocycles. The van der Waals surface area contributed by atoms with E-state index in [-0.39, 0.29) is 17.7 Å². The van der Waals surface area contributed by atoms with Gasteiger partial charge in [0.2, 0.25) is 11.8 Å². The van der Waals surface area contributed by atoms with Gasteiger partial charge in [-0.1, -0.05) is 0 Å². The first-order valence-electron chi connectivity index (χ1n) is 8.35. The molecule has 0 unspecified atom stereocenters. The van der Waals surface area contributed by atoms with E-state index in [0.717, 1.165) is 38.8 Å². The predicted octanol–water partition coefficient (Wildman–Crippen LogP) is 0.958. The molecule has 0 aromatic carbocycles. The van der Waals surface area contributed by atoms with Gasteiger partial charge in [0.25, 0.3) is 0 Å². The van der Waals surface area contributed by atoms with E-state index in [4.69, 9.17) is 5.11 Å². The monoisotopic (exact) mass is 308 g/mol. The van der Waals surface area contributed by atoms with Gasteiger partial charge in [-0.05, 0) is 38.0 Å². The van der Waals surface area contributed by atoms with Crippen LogP contribution >= 0.6 is 0 Å². The Kier molecular flexibility index (Phi) is 4.36. The third kappa shape index (κ3) is 3.25. The van der Waals surface area contributed by atoms with Crippen molar-refractivity contribution in [3.63, 3.8) is 0 Å². The van der Waals surface area contributed by atoms with Crippen molar-refractivity contribution in [2.45, 2.75) is 38.5 Å². The molecule has 1 N–H and O–H groups in total. The number of hydrogen-bond acceptors (Lipinski definition) is 3. The molecule has 2 aliphatic heterocycles. The van der Waals surface area contributed by atoms with Crippen LogP contribution in [0.15, 0.2) is 0 Å². The number of aliphatic carboxylic acids is 1. The number of nitrogens with zero attached hydrogens (tertiary/aromatic N) is 2. The second kappa shape index (κ2) is 6.26. The number of likely N-dealkylation sites (tertiary alicyclic amines) is 2. The highest BCUT2D eigenvalue weighted by atomic mass is 16.4. The minimum Gasteiger partial charge on any atom is -0.481 e. The van der Waals surface area contributed by atoms with Gasteiger partial charge < -0.3 is 14.9 Å². The summed E-state index contributed by atoms with van der Waals surface area (Å²) in [6.07, 6.45) is 5.11. The van der Waals surface area contributed by atoms with Gasteiger partial charge in [-0.25, -0.2) is 0 Å². The molecule has 0 spiro atoms. The van der Waals surface area contributed by atoms with Gasteiger partial charge in [-0.3, -0.25) is 14.4 Å². The van der Waals surface area contributed by atoms with Crippen LogP contribution in [0.4, 0.5) is 0 Å². The molecular weight excluding hydrogens is 284 g/mol. The van der Waals surface area contributed by atoms with Crippen molar-refractivity contribution in [2.75, 3.05) is 26.2 Å². The summed E-state index contributed by atoms with van der Waals surface area (Å²) in [6.45, 7) is 3.10. The lowest BCUT2D eigenvalue weighted by molar-refractivity contribution is -0.142. The van der Waals surface area contributed by atoms with Crippen LogP contribution in [0.3, 0.4) is 0 Å². The zero-order chi connectivity index (χ0) is 15.7. The molecule has 122 valence electrons. The molecule has 0 aromatic rings. The van der Waals surface area contributed by atoms with Gasteiger partial charge in [0.05, 0.1) is 11.8 Å². The Bertz CT molecular complexity index is 471. The first-order chi connectivity index (χ1) is 10.6. The molecule has 2 heterocycles. The average molecular weight is 308 g/mol. The quantitative estimate of drug-likeness (QED) is 0.839. The van der Waals surface area contributed by atoms with Gasteiger partial charge >= 0.3 is 5.97 Å². The smallest absolute Gasteiger partial charge is 0.307 e. The number of carbonyl (C=O) groups is 3. The number of amides is 2. The lowest BCUT2D eigenvalue weighted by atomic mass is 9.95. The first-order valence-corrected chi connectivity index (χ1v) is 8.35. The Morgan fingerprint density at radius 3 is 2.41 bits per heavy atom. The predicted molar refractivity (Wildman–Crippen MR) is 79.0 cm³/mol. The maximum atomic E-state index is 12.2. The van der Waals surface area contributed by atoms with Crippen molar-refractivity contribution >= 4 is 17.8 Å². The Morgan fingerprint density at radius 1 is 1.09 bits per heavy atom. The summed E-state index contributed by atoms with van der Waals surface area (Å²) >= 11 is 0. The van der Waals surface area contributed by atoms with Crippen LogP contribution in [0.25, 0.3) is 0 Å². The third-order valence-corrected chi connectivity index (χ3v) is 5.25. The fraction of sp³-hybridized carbons (Fsp3) is 0.812. The number of piperidine rings is 2. The van der Waals surface area contributed by atoms with E-state index < -0.39 is 11.9 Å². The summed E-state index contributed by atoms with van der Waals surface area (Å²) in [4.78, 5) is 38.7. The number of carbonyl (C=O) groups excluding carboxylic acids is 2. The van der Waals surface area contributed by atoms with Crippen LogP contribution in [0.1, 0.15) is 38.5 Å². The van der Waals surface area contributed by atoms with Crippen molar-refractivity contribution < 1.29 is 19.5 Å². The van der Waals surface area contributed by atoms with E-state index in [2.05, 4.69) is 0 Å². The summed E-state index contributed by atoms with van der Waals surface area (Å²) < 4.78 is 0. The molecule has 3 rings (SSSR count). The largest absolute Gasteiger partial charge is 0.481 e. The Labute approximate surface area is 130 Å². The summed E-state index contributed by atoms with van der Waals surface area (Å²) in [5.74, 6) is -0.849. The van der Waals surface area contributed by atoms with Gasteiger partial charge in [0.15, 0.2) is 0 Å². The highest BCUT2D eigenvalue weighted by Crippen LogP contribution is 2.40. The van der Waals surface area contributed by atoms with E-state index in [1.165, 1.54) is 0 Å². The van der Waals surface area contributed by atoms with Gasteiger partial charge in [0, 0.05) is 32.6 Å². The second-order valence-electron chi connectivity index (χ2n) is 6.85. The summed E-state index contributed by atoms with van der Waals surface area (Å²) in [5, 5.41) is 8.91. The zero-order valence-electron chi connectivity index (χ0n) is 12.9. The fourth-order valence-corrected chi connectivity index (χ4v) is 3.68. The summed E-state index contributed by atoms with van der Waals surface area (Å²) in [6, 6.07) is 0. The van der Waals surface area contributed by atoms with Crippen LogP contribution < -0.4 is 0 Å². The second-order valence-corrected chi connectivity index (χ2v) is 6.85. The molecule has 3 aliphatic rings. The first kappa shape index (κ1) is 15.3. The van der Waals surface area contributed by atoms with Crippen LogP contribution in [0.2, 0.25) is 0 Å². The molecule has 0 aromatic heterocycles. The molecule has 3 fully saturated rings. The fourth-order valence-electron chi connectivity index (χ4n) is 3.68. The van der Waals surface area contributed by atoms with E-state index in [9.17, 15) is 14.4 Å². The van der Waals surface area contributed by atoms with Gasteiger partial charge in [-0.2, -0.15) is 0 Å². The maximum absolute atomic E-state index is 12.2. The van der Waals surface area contributed by atoms with Crippen LogP contribution in [-0.4, -0.2) is 58.9 Å². The Hall–Kier alpha value is -1.59. The molecule has 2 saturated heterocycles. The molecule has 2 amide bonds. The van der Waals surface area contributed by atoms with Crippen LogP contribution in [-0.2, 0) is 14.4 Å². The topological polar surface area (TPSA) is 77.9 Å². The van der Waals surface area contributed by atoms with Crippen LogP contribution in [0, 0.1) is 17.8 Å². The summed E-state index contributed by atoms with van der Waals surface area (Å²) in [5.41, 5.74) is 0. The van der Waals surface area contributed by atoms with Gasteiger partial charge in [0.1, 0.15) is 0 Å². The van der Waals surface area contributed by atoms with Crippen molar-refractivity contribution in [2.24, 2.45) is 17.8 Å². The molecule has 0 bridgehead atoms. The number of carboxylic acid groups (broad SMARTS) is 1. The lowest BCUT2D eigenvalue weighted by Gasteiger charge is -2.36. The molecule has 1 saturated carbocycles. The average Bonchev–Trinajstić information content (AvgIpc) is 3.30. The maximum Gasteiger partial charge on any atom is 0.307 e. The van der Waals surface area contributed by atoms with Crippen molar-refractivity contribution in [3.8, 4) is 0 Å². The molecule has 22 heavy (non-hydrogen) atoms. The number of hydrogen-bond donors (Lipinski definition) is 1. The Morgan fingerprint density at radius 2 is 1.82 bits per heavy atom. The molecule has 2 atom stereocenters. The van der Waals surface area contributed by atoms with Crippen LogP contribution in [0.5, 0.6) is 0 Å². The number of carboxylic acids is 1. The third-order valence-electron chi connectivity index (χ3n) is 5.25. The van der Waals surface area contributed by atoms with Gasteiger partial charge in [-0.15, -0.1) is 0 Å². The standard InChI is InChI=1S/C16H24N2O4/c19-14-3-1-2-6-18(14)10-11-4-7-17(8-5-11)15(20)12-9-13(12)16(21)22/h11-13H,1-10H2,(H,21,22)/t12-,13-/m1/s1. The van der Waals surface area contributed by atoms with E-state index in [1.807, 2.05) is 9.80 Å². The Balaban J connectivity index is 1.43.